The normalized spacial score (nSPS) is 12.7. The Kier molecular flexibility index (Phi) is 54.5. The zero-order chi connectivity index (χ0) is 47.9. The van der Waals surface area contributed by atoms with E-state index in [0.29, 0.717) is 19.4 Å². The van der Waals surface area contributed by atoms with Crippen LogP contribution in [0.1, 0.15) is 322 Å². The van der Waals surface area contributed by atoms with Gasteiger partial charge in [-0.2, -0.15) is 0 Å². The molecule has 6 heteroatoms. The molecule has 6 nitrogen and oxygen atoms in total. The second-order valence-electron chi connectivity index (χ2n) is 20.3. The number of ether oxygens (including phenoxy) is 1. The molecule has 0 saturated heterocycles. The third-order valence-electron chi connectivity index (χ3n) is 13.7. The molecule has 0 aliphatic heterocycles. The average molecular weight is 931 g/mol. The van der Waals surface area contributed by atoms with Crippen molar-refractivity contribution in [3.8, 4) is 0 Å². The van der Waals surface area contributed by atoms with Crippen LogP contribution in [0.25, 0.3) is 0 Å². The maximum atomic E-state index is 12.4. The topological polar surface area (TPSA) is 95.9 Å². The number of hydrogen-bond donors (Lipinski definition) is 3. The molecule has 0 saturated carbocycles. The fourth-order valence-electron chi connectivity index (χ4n) is 9.16. The summed E-state index contributed by atoms with van der Waals surface area (Å²) in [5.74, 6) is -0.0623. The van der Waals surface area contributed by atoms with E-state index in [-0.39, 0.29) is 18.5 Å². The minimum atomic E-state index is -0.842. The number of aliphatic hydroxyl groups is 2. The van der Waals surface area contributed by atoms with Gasteiger partial charge in [0.2, 0.25) is 5.91 Å². The summed E-state index contributed by atoms with van der Waals surface area (Å²) in [4.78, 5) is 24.5. The number of unbranched alkanes of at least 4 members (excludes halogenated alkanes) is 42. The van der Waals surface area contributed by atoms with Crippen molar-refractivity contribution in [1.29, 1.82) is 0 Å². The van der Waals surface area contributed by atoms with Gasteiger partial charge in [-0.15, -0.1) is 0 Å². The zero-order valence-corrected chi connectivity index (χ0v) is 44.4. The lowest BCUT2D eigenvalue weighted by Crippen LogP contribution is -2.45. The number of hydrogen-bond acceptors (Lipinski definition) is 5. The summed E-state index contributed by atoms with van der Waals surface area (Å²) >= 11 is 0. The number of aliphatic hydroxyl groups excluding tert-OH is 2. The predicted molar refractivity (Wildman–Crippen MR) is 287 cm³/mol. The molecule has 2 unspecified atom stereocenters. The summed E-state index contributed by atoms with van der Waals surface area (Å²) in [6, 6.07) is -0.625. The van der Waals surface area contributed by atoms with Crippen LogP contribution in [0.3, 0.4) is 0 Å². The molecule has 0 aliphatic carbocycles. The Hall–Kier alpha value is -1.66. The third-order valence-corrected chi connectivity index (χ3v) is 13.7. The second kappa shape index (κ2) is 55.9. The number of allylic oxidation sites excluding steroid dienone is 3. The van der Waals surface area contributed by atoms with E-state index in [2.05, 4.69) is 31.3 Å². The van der Waals surface area contributed by atoms with Gasteiger partial charge in [0.05, 0.1) is 25.4 Å². The lowest BCUT2D eigenvalue weighted by atomic mass is 10.0. The molecule has 2 atom stereocenters. The molecule has 0 bridgehead atoms. The maximum Gasteiger partial charge on any atom is 0.305 e. The molecule has 0 spiro atoms. The first-order valence-electron chi connectivity index (χ1n) is 29.6. The van der Waals surface area contributed by atoms with Gasteiger partial charge >= 0.3 is 5.97 Å². The Morgan fingerprint density at radius 3 is 1.08 bits per heavy atom. The van der Waals surface area contributed by atoms with Crippen molar-refractivity contribution in [2.45, 2.75) is 334 Å². The van der Waals surface area contributed by atoms with E-state index in [0.717, 1.165) is 44.9 Å². The van der Waals surface area contributed by atoms with E-state index < -0.39 is 12.1 Å². The second-order valence-corrected chi connectivity index (χ2v) is 20.3. The standard InChI is InChI=1S/C60H115NO5/c1-3-5-7-9-11-13-15-16-17-28-31-34-38-42-46-50-54-60(65)66-55-51-47-43-39-35-32-29-26-24-22-20-18-19-21-23-25-27-30-33-37-41-45-49-53-59(64)61-57(56-62)58(63)52-48-44-40-36-14-12-10-8-6-4-2/h17,28,48,52,57-58,62-63H,3-16,18-27,29-47,49-51,53-56H2,1-2H3,(H,61,64)/b28-17-,52-48+. The molecule has 1 amide bonds. The van der Waals surface area contributed by atoms with E-state index in [1.54, 1.807) is 6.08 Å². The number of carbonyl (C=O) groups excluding carboxylic acids is 2. The summed E-state index contributed by atoms with van der Waals surface area (Å²) in [7, 11) is 0. The van der Waals surface area contributed by atoms with Crippen LogP contribution >= 0.6 is 0 Å². The molecular formula is C60H115NO5. The molecule has 0 aromatic carbocycles. The van der Waals surface area contributed by atoms with Crippen LogP contribution < -0.4 is 5.32 Å². The van der Waals surface area contributed by atoms with E-state index in [9.17, 15) is 19.8 Å². The molecule has 0 rings (SSSR count). The Balaban J connectivity index is 3.36. The van der Waals surface area contributed by atoms with E-state index in [1.807, 2.05) is 6.08 Å². The van der Waals surface area contributed by atoms with Gasteiger partial charge in [-0.05, 0) is 57.8 Å². The Morgan fingerprint density at radius 2 is 0.712 bits per heavy atom. The number of nitrogens with one attached hydrogen (secondary N) is 1. The van der Waals surface area contributed by atoms with Crippen molar-refractivity contribution in [2.75, 3.05) is 13.2 Å². The number of amides is 1. The van der Waals surface area contributed by atoms with Crippen LogP contribution in [0.2, 0.25) is 0 Å². The maximum absolute atomic E-state index is 12.4. The third kappa shape index (κ3) is 51.7. The van der Waals surface area contributed by atoms with Crippen molar-refractivity contribution >= 4 is 11.9 Å². The van der Waals surface area contributed by atoms with Crippen LogP contribution in [-0.4, -0.2) is 47.4 Å². The Morgan fingerprint density at radius 1 is 0.409 bits per heavy atom. The van der Waals surface area contributed by atoms with Crippen molar-refractivity contribution < 1.29 is 24.5 Å². The molecule has 0 radical (unpaired) electrons. The van der Waals surface area contributed by atoms with Gasteiger partial charge < -0.3 is 20.3 Å². The first-order chi connectivity index (χ1) is 32.5. The van der Waals surface area contributed by atoms with Crippen LogP contribution in [0.5, 0.6) is 0 Å². The molecule has 390 valence electrons. The fourth-order valence-corrected chi connectivity index (χ4v) is 9.16. The van der Waals surface area contributed by atoms with E-state index in [4.69, 9.17) is 4.74 Å². The van der Waals surface area contributed by atoms with E-state index in [1.165, 1.54) is 250 Å². The lowest BCUT2D eigenvalue weighted by molar-refractivity contribution is -0.143. The minimum absolute atomic E-state index is 0.00648. The monoisotopic (exact) mass is 930 g/mol. The van der Waals surface area contributed by atoms with Gasteiger partial charge in [-0.1, -0.05) is 276 Å². The highest BCUT2D eigenvalue weighted by molar-refractivity contribution is 5.76. The lowest BCUT2D eigenvalue weighted by Gasteiger charge is -2.20. The molecule has 3 N–H and O–H groups in total. The first-order valence-corrected chi connectivity index (χ1v) is 29.6. The van der Waals surface area contributed by atoms with Crippen LogP contribution in [-0.2, 0) is 14.3 Å². The average Bonchev–Trinajstić information content (AvgIpc) is 3.32. The quantitative estimate of drug-likeness (QED) is 0.0321. The van der Waals surface area contributed by atoms with Crippen molar-refractivity contribution in [2.24, 2.45) is 0 Å². The molecule has 0 fully saturated rings. The van der Waals surface area contributed by atoms with Crippen LogP contribution in [0.15, 0.2) is 24.3 Å². The Bertz CT molecular complexity index is 1030. The van der Waals surface area contributed by atoms with Crippen LogP contribution in [0, 0.1) is 0 Å². The predicted octanol–water partition coefficient (Wildman–Crippen LogP) is 18.2. The highest BCUT2D eigenvalue weighted by Crippen LogP contribution is 2.17. The summed E-state index contributed by atoms with van der Waals surface area (Å²) in [5.41, 5.74) is 0. The van der Waals surface area contributed by atoms with Gasteiger partial charge in [-0.25, -0.2) is 0 Å². The van der Waals surface area contributed by atoms with Crippen molar-refractivity contribution in [3.05, 3.63) is 24.3 Å². The van der Waals surface area contributed by atoms with Crippen LogP contribution in [0.4, 0.5) is 0 Å². The SMILES string of the molecule is CCCCCCCCC/C=C\CCCCCCCC(=O)OCCCCCCCCCCCCCCCCCCCCCCCCCC(=O)NC(CO)C(O)/C=C/CCCCCCCCCC. The highest BCUT2D eigenvalue weighted by atomic mass is 16.5. The molecule has 0 aromatic rings. The molecule has 0 aromatic heterocycles. The van der Waals surface area contributed by atoms with Crippen molar-refractivity contribution in [3.63, 3.8) is 0 Å². The summed E-state index contributed by atoms with van der Waals surface area (Å²) in [6.07, 6.45) is 67.9. The van der Waals surface area contributed by atoms with Gasteiger partial charge in [0.25, 0.3) is 0 Å². The Labute approximate surface area is 411 Å². The van der Waals surface area contributed by atoms with Gasteiger partial charge in [0.15, 0.2) is 0 Å². The van der Waals surface area contributed by atoms with Gasteiger partial charge in [0.1, 0.15) is 0 Å². The molecule has 66 heavy (non-hydrogen) atoms. The molecule has 0 aliphatic rings. The zero-order valence-electron chi connectivity index (χ0n) is 44.4. The summed E-state index contributed by atoms with van der Waals surface area (Å²) in [5, 5.41) is 23.0. The van der Waals surface area contributed by atoms with Gasteiger partial charge in [-0.3, -0.25) is 9.59 Å². The number of rotatable bonds is 55. The number of esters is 1. The van der Waals surface area contributed by atoms with E-state index >= 15 is 0 Å². The molecular weight excluding hydrogens is 815 g/mol. The fraction of sp³-hybridized carbons (Fsp3) is 0.900. The highest BCUT2D eigenvalue weighted by Gasteiger charge is 2.18. The van der Waals surface area contributed by atoms with Gasteiger partial charge in [0, 0.05) is 12.8 Å². The minimum Gasteiger partial charge on any atom is -0.466 e. The number of carbonyl (C=O) groups is 2. The molecule has 0 heterocycles. The first kappa shape index (κ1) is 64.3. The summed E-state index contributed by atoms with van der Waals surface area (Å²) in [6.45, 7) is 4.89. The summed E-state index contributed by atoms with van der Waals surface area (Å²) < 4.78 is 5.48. The largest absolute Gasteiger partial charge is 0.466 e. The van der Waals surface area contributed by atoms with Crippen molar-refractivity contribution in [1.82, 2.24) is 5.32 Å². The smallest absolute Gasteiger partial charge is 0.305 e.